The molecule has 0 aliphatic heterocycles. The average Bonchev–Trinajstić information content (AvgIpc) is 2.62. The fraction of sp³-hybridized carbons (Fsp3) is 0.300. The van der Waals surface area contributed by atoms with Crippen LogP contribution in [0, 0.1) is 0 Å². The van der Waals surface area contributed by atoms with E-state index in [1.165, 1.54) is 0 Å². The molecule has 0 aromatic heterocycles. The summed E-state index contributed by atoms with van der Waals surface area (Å²) in [6, 6.07) is 15.4. The summed E-state index contributed by atoms with van der Waals surface area (Å²) in [7, 11) is 5.66. The number of carbonyl (C=O) groups is 2. The van der Waals surface area contributed by atoms with Crippen molar-refractivity contribution in [1.29, 1.82) is 0 Å². The van der Waals surface area contributed by atoms with Gasteiger partial charge in [-0.05, 0) is 35.4 Å². The van der Waals surface area contributed by atoms with E-state index in [1.54, 1.807) is 11.9 Å². The predicted octanol–water partition coefficient (Wildman–Crippen LogP) is 3.26. The highest BCUT2D eigenvalue weighted by Gasteiger charge is 2.13. The molecule has 0 heterocycles. The van der Waals surface area contributed by atoms with E-state index in [4.69, 9.17) is 4.74 Å². The van der Waals surface area contributed by atoms with Gasteiger partial charge in [-0.2, -0.15) is 0 Å². The largest absolute Gasteiger partial charge is 0.455 e. The Labute approximate surface area is 162 Å². The molecule has 0 atom stereocenters. The molecule has 26 heavy (non-hydrogen) atoms. The number of halogens is 1. The minimum absolute atomic E-state index is 0.149. The van der Waals surface area contributed by atoms with Crippen molar-refractivity contribution in [2.75, 3.05) is 32.6 Å². The number of nitrogens with zero attached hydrogens (tertiary/aromatic N) is 2. The molecule has 6 heteroatoms. The molecule has 0 unspecified atom stereocenters. The van der Waals surface area contributed by atoms with Crippen molar-refractivity contribution in [1.82, 2.24) is 4.90 Å². The van der Waals surface area contributed by atoms with Crippen LogP contribution in [0.1, 0.15) is 11.1 Å². The van der Waals surface area contributed by atoms with Crippen molar-refractivity contribution < 1.29 is 14.3 Å². The monoisotopic (exact) mass is 418 g/mol. The number of benzene rings is 2. The number of amides is 1. The van der Waals surface area contributed by atoms with Gasteiger partial charge in [0.15, 0.2) is 6.61 Å². The normalized spacial score (nSPS) is 10.3. The number of ether oxygens (including phenoxy) is 1. The lowest BCUT2D eigenvalue weighted by Gasteiger charge is -2.18. The lowest BCUT2D eigenvalue weighted by atomic mass is 10.2. The SMILES string of the molecule is CN(Cc1ccc(N(C)C)cc1)C(=O)COC(=O)Cc1ccc(Br)cc1. The van der Waals surface area contributed by atoms with Crippen LogP contribution in [-0.4, -0.2) is 44.5 Å². The topological polar surface area (TPSA) is 49.9 Å². The van der Waals surface area contributed by atoms with E-state index in [2.05, 4.69) is 15.9 Å². The highest BCUT2D eigenvalue weighted by atomic mass is 79.9. The molecule has 0 saturated heterocycles. The molecular formula is C20H23BrN2O3. The Balaban J connectivity index is 1.79. The van der Waals surface area contributed by atoms with Crippen LogP contribution in [0.2, 0.25) is 0 Å². The summed E-state index contributed by atoms with van der Waals surface area (Å²) in [6.07, 6.45) is 0.149. The van der Waals surface area contributed by atoms with E-state index in [9.17, 15) is 9.59 Å². The molecule has 0 spiro atoms. The quantitative estimate of drug-likeness (QED) is 0.647. The first-order valence-corrected chi connectivity index (χ1v) is 9.05. The van der Waals surface area contributed by atoms with E-state index < -0.39 is 5.97 Å². The van der Waals surface area contributed by atoms with Crippen molar-refractivity contribution >= 4 is 33.5 Å². The summed E-state index contributed by atoms with van der Waals surface area (Å²) in [5.41, 5.74) is 2.97. The highest BCUT2D eigenvalue weighted by Crippen LogP contribution is 2.14. The third-order valence-corrected chi connectivity index (χ3v) is 4.45. The van der Waals surface area contributed by atoms with Crippen LogP contribution in [0.4, 0.5) is 5.69 Å². The summed E-state index contributed by atoms with van der Waals surface area (Å²) in [6.45, 7) is 0.221. The Morgan fingerprint density at radius 3 is 2.08 bits per heavy atom. The molecule has 0 bridgehead atoms. The van der Waals surface area contributed by atoms with Crippen LogP contribution in [-0.2, 0) is 27.3 Å². The van der Waals surface area contributed by atoms with Crippen molar-refractivity contribution in [2.24, 2.45) is 0 Å². The van der Waals surface area contributed by atoms with Gasteiger partial charge in [-0.15, -0.1) is 0 Å². The number of rotatable bonds is 7. The van der Waals surface area contributed by atoms with Crippen LogP contribution in [0.3, 0.4) is 0 Å². The smallest absolute Gasteiger partial charge is 0.310 e. The van der Waals surface area contributed by atoms with Gasteiger partial charge in [0.2, 0.25) is 0 Å². The molecule has 1 amide bonds. The summed E-state index contributed by atoms with van der Waals surface area (Å²) < 4.78 is 6.05. The van der Waals surface area contributed by atoms with Crippen LogP contribution < -0.4 is 4.90 Å². The second kappa shape index (κ2) is 9.38. The Morgan fingerprint density at radius 2 is 1.50 bits per heavy atom. The summed E-state index contributed by atoms with van der Waals surface area (Å²) >= 11 is 3.35. The predicted molar refractivity (Wildman–Crippen MR) is 106 cm³/mol. The van der Waals surface area contributed by atoms with Crippen molar-refractivity contribution in [2.45, 2.75) is 13.0 Å². The maximum Gasteiger partial charge on any atom is 0.310 e. The molecule has 0 saturated carbocycles. The van der Waals surface area contributed by atoms with Gasteiger partial charge in [0.05, 0.1) is 6.42 Å². The molecule has 5 nitrogen and oxygen atoms in total. The number of anilines is 1. The minimum atomic E-state index is -0.413. The fourth-order valence-electron chi connectivity index (χ4n) is 2.33. The van der Waals surface area contributed by atoms with E-state index in [-0.39, 0.29) is 18.9 Å². The maximum absolute atomic E-state index is 12.2. The first-order valence-electron chi connectivity index (χ1n) is 8.25. The Kier molecular flexibility index (Phi) is 7.21. The number of carbonyl (C=O) groups excluding carboxylic acids is 2. The Hall–Kier alpha value is -2.34. The molecule has 0 aliphatic carbocycles. The van der Waals surface area contributed by atoms with E-state index in [1.807, 2.05) is 67.5 Å². The second-order valence-electron chi connectivity index (χ2n) is 6.27. The zero-order valence-corrected chi connectivity index (χ0v) is 16.8. The van der Waals surface area contributed by atoms with Gasteiger partial charge >= 0.3 is 5.97 Å². The molecule has 138 valence electrons. The summed E-state index contributed by atoms with van der Waals surface area (Å²) in [5.74, 6) is -0.643. The molecule has 2 rings (SSSR count). The molecule has 0 fully saturated rings. The number of hydrogen-bond acceptors (Lipinski definition) is 4. The number of esters is 1. The van der Waals surface area contributed by atoms with Crippen LogP contribution in [0.5, 0.6) is 0 Å². The molecule has 0 aliphatic rings. The van der Waals surface area contributed by atoms with Gasteiger partial charge < -0.3 is 14.5 Å². The van der Waals surface area contributed by atoms with Gasteiger partial charge in [-0.1, -0.05) is 40.2 Å². The fourth-order valence-corrected chi connectivity index (χ4v) is 2.60. The lowest BCUT2D eigenvalue weighted by Crippen LogP contribution is -2.31. The highest BCUT2D eigenvalue weighted by molar-refractivity contribution is 9.10. The molecule has 0 radical (unpaired) electrons. The zero-order valence-electron chi connectivity index (χ0n) is 15.2. The van der Waals surface area contributed by atoms with Gasteiger partial charge in [0.1, 0.15) is 0 Å². The lowest BCUT2D eigenvalue weighted by molar-refractivity contribution is -0.151. The van der Waals surface area contributed by atoms with Crippen molar-refractivity contribution in [3.8, 4) is 0 Å². The third kappa shape index (κ3) is 6.19. The van der Waals surface area contributed by atoms with E-state index in [0.29, 0.717) is 6.54 Å². The van der Waals surface area contributed by atoms with E-state index in [0.717, 1.165) is 21.3 Å². The minimum Gasteiger partial charge on any atom is -0.455 e. The first kappa shape index (κ1) is 20.0. The first-order chi connectivity index (χ1) is 12.3. The van der Waals surface area contributed by atoms with Gasteiger partial charge in [0.25, 0.3) is 5.91 Å². The van der Waals surface area contributed by atoms with Crippen molar-refractivity contribution in [3.63, 3.8) is 0 Å². The molecular weight excluding hydrogens is 396 g/mol. The standard InChI is InChI=1S/C20H23BrN2O3/c1-22(2)18-10-6-16(7-11-18)13-23(3)19(24)14-26-20(25)12-15-4-8-17(21)9-5-15/h4-11H,12-14H2,1-3H3. The van der Waals surface area contributed by atoms with Crippen LogP contribution >= 0.6 is 15.9 Å². The number of likely N-dealkylation sites (N-methyl/N-ethyl adjacent to an activating group) is 1. The van der Waals surface area contributed by atoms with Gasteiger partial charge in [-0.25, -0.2) is 0 Å². The maximum atomic E-state index is 12.2. The Bertz CT molecular complexity index is 743. The molecule has 2 aromatic carbocycles. The third-order valence-electron chi connectivity index (χ3n) is 3.92. The molecule has 0 N–H and O–H groups in total. The molecule has 2 aromatic rings. The van der Waals surface area contributed by atoms with Gasteiger partial charge in [0, 0.05) is 37.8 Å². The van der Waals surface area contributed by atoms with Crippen molar-refractivity contribution in [3.05, 3.63) is 64.1 Å². The second-order valence-corrected chi connectivity index (χ2v) is 7.19. The van der Waals surface area contributed by atoms with Gasteiger partial charge in [-0.3, -0.25) is 9.59 Å². The number of hydrogen-bond donors (Lipinski definition) is 0. The Morgan fingerprint density at radius 1 is 0.923 bits per heavy atom. The van der Waals surface area contributed by atoms with Crippen LogP contribution in [0.15, 0.2) is 53.0 Å². The zero-order chi connectivity index (χ0) is 19.1. The summed E-state index contributed by atoms with van der Waals surface area (Å²) in [5, 5.41) is 0. The van der Waals surface area contributed by atoms with Crippen LogP contribution in [0.25, 0.3) is 0 Å². The van der Waals surface area contributed by atoms with E-state index >= 15 is 0 Å². The average molecular weight is 419 g/mol. The summed E-state index contributed by atoms with van der Waals surface area (Å²) in [4.78, 5) is 27.6.